The minimum Gasteiger partial charge on any atom is -0.465 e. The van der Waals surface area contributed by atoms with Crippen LogP contribution >= 0.6 is 11.8 Å². The number of nitrogens with zero attached hydrogens (tertiary/aromatic N) is 1. The highest BCUT2D eigenvalue weighted by molar-refractivity contribution is 7.99. The van der Waals surface area contributed by atoms with Gasteiger partial charge in [0.15, 0.2) is 0 Å². The summed E-state index contributed by atoms with van der Waals surface area (Å²) in [4.78, 5) is 25.3. The van der Waals surface area contributed by atoms with Gasteiger partial charge in [0, 0.05) is 44.2 Å². The highest BCUT2D eigenvalue weighted by Crippen LogP contribution is 2.11. The Hall–Kier alpha value is -0.790. The number of rotatable bonds is 8. The Labute approximate surface area is 124 Å². The molecule has 7 heteroatoms. The number of hydrogen-bond acceptors (Lipinski definition) is 6. The topological polar surface area (TPSA) is 67.9 Å². The number of methoxy groups -OCH3 is 1. The Balaban J connectivity index is 2.46. The molecule has 0 aromatic carbocycles. The van der Waals surface area contributed by atoms with Gasteiger partial charge in [0.25, 0.3) is 0 Å². The van der Waals surface area contributed by atoms with Gasteiger partial charge in [-0.15, -0.1) is 0 Å². The number of nitrogens with one attached hydrogen (secondary N) is 1. The van der Waals surface area contributed by atoms with Crippen LogP contribution in [0.15, 0.2) is 0 Å². The fourth-order valence-electron chi connectivity index (χ4n) is 1.95. The molecule has 0 aliphatic carbocycles. The van der Waals surface area contributed by atoms with Gasteiger partial charge in [-0.1, -0.05) is 0 Å². The maximum Gasteiger partial charge on any atom is 0.325 e. The highest BCUT2D eigenvalue weighted by atomic mass is 32.2. The van der Waals surface area contributed by atoms with E-state index in [0.29, 0.717) is 26.2 Å². The van der Waals surface area contributed by atoms with Crippen LogP contribution in [0.1, 0.15) is 13.3 Å². The molecule has 1 atom stereocenters. The number of carbonyl (C=O) groups excluding carboxylic acids is 2. The summed E-state index contributed by atoms with van der Waals surface area (Å²) in [6, 6.07) is 0.188. The van der Waals surface area contributed by atoms with Gasteiger partial charge >= 0.3 is 5.97 Å². The van der Waals surface area contributed by atoms with E-state index in [4.69, 9.17) is 9.47 Å². The first-order chi connectivity index (χ1) is 9.67. The fraction of sp³-hybridized carbons (Fsp3) is 0.846. The molecule has 1 amide bonds. The predicted octanol–water partition coefficient (Wildman–Crippen LogP) is 0.120. The number of thioether (sulfide) groups is 1. The van der Waals surface area contributed by atoms with Crippen molar-refractivity contribution in [2.45, 2.75) is 19.4 Å². The summed E-state index contributed by atoms with van der Waals surface area (Å²) in [5.41, 5.74) is 0. The second-order valence-electron chi connectivity index (χ2n) is 4.54. The summed E-state index contributed by atoms with van der Waals surface area (Å²) in [5.74, 6) is 1.61. The summed E-state index contributed by atoms with van der Waals surface area (Å²) in [7, 11) is 1.58. The van der Waals surface area contributed by atoms with Crippen molar-refractivity contribution in [1.82, 2.24) is 10.2 Å². The van der Waals surface area contributed by atoms with E-state index >= 15 is 0 Å². The molecule has 116 valence electrons. The van der Waals surface area contributed by atoms with E-state index in [1.165, 1.54) is 4.90 Å². The summed E-state index contributed by atoms with van der Waals surface area (Å²) >= 11 is 1.85. The monoisotopic (exact) mass is 304 g/mol. The smallest absolute Gasteiger partial charge is 0.325 e. The molecule has 0 saturated carbocycles. The van der Waals surface area contributed by atoms with Crippen LogP contribution in [0.25, 0.3) is 0 Å². The number of ether oxygens (including phenoxy) is 2. The van der Waals surface area contributed by atoms with Gasteiger partial charge in [-0.25, -0.2) is 0 Å². The molecule has 0 aromatic heterocycles. The molecule has 0 aromatic rings. The molecular weight excluding hydrogens is 280 g/mol. The second kappa shape index (κ2) is 10.0. The van der Waals surface area contributed by atoms with Gasteiger partial charge in [0.05, 0.1) is 13.2 Å². The third-order valence-corrected chi connectivity index (χ3v) is 4.09. The van der Waals surface area contributed by atoms with Gasteiger partial charge in [-0.3, -0.25) is 9.59 Å². The van der Waals surface area contributed by atoms with Crippen molar-refractivity contribution in [3.63, 3.8) is 0 Å². The van der Waals surface area contributed by atoms with Crippen LogP contribution in [0, 0.1) is 0 Å². The molecule has 1 unspecified atom stereocenters. The first-order valence-electron chi connectivity index (χ1n) is 6.90. The zero-order valence-corrected chi connectivity index (χ0v) is 13.0. The normalized spacial score (nSPS) is 18.6. The van der Waals surface area contributed by atoms with E-state index in [-0.39, 0.29) is 24.5 Å². The molecule has 1 heterocycles. The van der Waals surface area contributed by atoms with E-state index in [0.717, 1.165) is 18.1 Å². The molecule has 1 saturated heterocycles. The summed E-state index contributed by atoms with van der Waals surface area (Å²) in [6.45, 7) is 3.83. The zero-order chi connectivity index (χ0) is 14.8. The van der Waals surface area contributed by atoms with E-state index in [2.05, 4.69) is 5.32 Å². The average molecular weight is 304 g/mol. The average Bonchev–Trinajstić information content (AvgIpc) is 2.44. The van der Waals surface area contributed by atoms with E-state index in [9.17, 15) is 9.59 Å². The molecule has 1 aliphatic heterocycles. The van der Waals surface area contributed by atoms with Crippen molar-refractivity contribution in [1.29, 1.82) is 0 Å². The Bertz CT molecular complexity index is 309. The van der Waals surface area contributed by atoms with Gasteiger partial charge in [-0.2, -0.15) is 11.8 Å². The van der Waals surface area contributed by atoms with Crippen molar-refractivity contribution < 1.29 is 19.1 Å². The lowest BCUT2D eigenvalue weighted by Crippen LogP contribution is -2.45. The molecular formula is C13H24N2O4S. The van der Waals surface area contributed by atoms with E-state index in [1.54, 1.807) is 14.0 Å². The van der Waals surface area contributed by atoms with Gasteiger partial charge in [0.1, 0.15) is 6.54 Å². The van der Waals surface area contributed by atoms with E-state index in [1.807, 2.05) is 11.8 Å². The molecule has 20 heavy (non-hydrogen) atoms. The number of hydrogen-bond donors (Lipinski definition) is 1. The quantitative estimate of drug-likeness (QED) is 0.643. The van der Waals surface area contributed by atoms with Gasteiger partial charge in [-0.05, 0) is 6.92 Å². The predicted molar refractivity (Wildman–Crippen MR) is 78.8 cm³/mol. The van der Waals surface area contributed by atoms with Crippen molar-refractivity contribution >= 4 is 23.6 Å². The first-order valence-corrected chi connectivity index (χ1v) is 8.06. The molecule has 0 bridgehead atoms. The molecule has 0 spiro atoms. The Kier molecular flexibility index (Phi) is 8.64. The van der Waals surface area contributed by atoms with Crippen LogP contribution < -0.4 is 5.32 Å². The third kappa shape index (κ3) is 6.58. The first kappa shape index (κ1) is 17.3. The lowest BCUT2D eigenvalue weighted by atomic mass is 10.2. The molecule has 1 rings (SSSR count). The number of amides is 1. The lowest BCUT2D eigenvalue weighted by molar-refractivity contribution is -0.149. The van der Waals surface area contributed by atoms with Crippen LogP contribution in [-0.4, -0.2) is 74.3 Å². The van der Waals surface area contributed by atoms with Crippen molar-refractivity contribution in [2.24, 2.45) is 0 Å². The molecule has 0 radical (unpaired) electrons. The largest absolute Gasteiger partial charge is 0.465 e. The maximum atomic E-state index is 12.3. The third-order valence-electron chi connectivity index (χ3n) is 2.96. The van der Waals surface area contributed by atoms with Crippen LogP contribution in [0.5, 0.6) is 0 Å². The van der Waals surface area contributed by atoms with Crippen LogP contribution in [0.3, 0.4) is 0 Å². The van der Waals surface area contributed by atoms with Crippen molar-refractivity contribution in [2.75, 3.05) is 51.5 Å². The van der Waals surface area contributed by atoms with Gasteiger partial charge in [0.2, 0.25) is 5.91 Å². The minimum atomic E-state index is -0.372. The van der Waals surface area contributed by atoms with Crippen molar-refractivity contribution in [3.05, 3.63) is 0 Å². The fourth-order valence-corrected chi connectivity index (χ4v) is 2.90. The summed E-state index contributed by atoms with van der Waals surface area (Å²) in [6.07, 6.45) is 0.413. The second-order valence-corrected chi connectivity index (χ2v) is 5.69. The highest BCUT2D eigenvalue weighted by Gasteiger charge is 2.22. The maximum absolute atomic E-state index is 12.3. The van der Waals surface area contributed by atoms with Crippen LogP contribution in [-0.2, 0) is 19.1 Å². The molecule has 1 fully saturated rings. The summed E-state index contributed by atoms with van der Waals surface area (Å²) in [5, 5.41) is 3.32. The summed E-state index contributed by atoms with van der Waals surface area (Å²) < 4.78 is 9.89. The van der Waals surface area contributed by atoms with E-state index < -0.39 is 0 Å². The van der Waals surface area contributed by atoms with Crippen LogP contribution in [0.4, 0.5) is 0 Å². The standard InChI is InChI=1S/C13H24N2O4S/c1-3-19-13(17)9-15(5-6-18-2)12(16)8-11-10-20-7-4-14-11/h11,14H,3-10H2,1-2H3. The number of esters is 1. The SMILES string of the molecule is CCOC(=O)CN(CCOC)C(=O)CC1CSCCN1. The Morgan fingerprint density at radius 3 is 2.85 bits per heavy atom. The molecule has 6 nitrogen and oxygen atoms in total. The Morgan fingerprint density at radius 2 is 2.25 bits per heavy atom. The molecule has 1 aliphatic rings. The minimum absolute atomic E-state index is 0.00407. The van der Waals surface area contributed by atoms with Crippen LogP contribution in [0.2, 0.25) is 0 Å². The zero-order valence-electron chi connectivity index (χ0n) is 12.2. The lowest BCUT2D eigenvalue weighted by Gasteiger charge is -2.26. The van der Waals surface area contributed by atoms with Gasteiger partial charge < -0.3 is 19.7 Å². The Morgan fingerprint density at radius 1 is 1.45 bits per heavy atom. The molecule has 1 N–H and O–H groups in total. The number of carbonyl (C=O) groups is 2. The van der Waals surface area contributed by atoms with Crippen molar-refractivity contribution in [3.8, 4) is 0 Å².